The molecule has 1 unspecified atom stereocenters. The van der Waals surface area contributed by atoms with Crippen LogP contribution in [0.4, 0.5) is 0 Å². The molecule has 1 fully saturated rings. The highest BCUT2D eigenvalue weighted by Crippen LogP contribution is 2.30. The molecule has 0 aromatic rings. The Labute approximate surface area is 85.0 Å². The van der Waals surface area contributed by atoms with Crippen LogP contribution in [-0.2, 0) is 4.79 Å². The first kappa shape index (κ1) is 10.8. The largest absolute Gasteiger partial charge is 0.353 e. The van der Waals surface area contributed by atoms with Gasteiger partial charge in [-0.15, -0.1) is 11.6 Å². The Morgan fingerprint density at radius 3 is 2.38 bits per heavy atom. The lowest BCUT2D eigenvalue weighted by Gasteiger charge is -2.17. The van der Waals surface area contributed by atoms with E-state index in [1.807, 2.05) is 13.8 Å². The summed E-state index contributed by atoms with van der Waals surface area (Å²) >= 11 is 6.07. The van der Waals surface area contributed by atoms with Crippen molar-refractivity contribution in [3.8, 4) is 0 Å². The van der Waals surface area contributed by atoms with Crippen molar-refractivity contribution in [3.63, 3.8) is 0 Å². The molecule has 0 aromatic heterocycles. The summed E-state index contributed by atoms with van der Waals surface area (Å²) in [5.74, 6) is 0.406. The van der Waals surface area contributed by atoms with E-state index >= 15 is 0 Å². The fourth-order valence-corrected chi connectivity index (χ4v) is 2.14. The highest BCUT2D eigenvalue weighted by atomic mass is 35.5. The standard InChI is InChI=1S/C10H18ClNO/c1-7(2)12-10(13)9(11)8-5-3-4-6-8/h7-9H,3-6H2,1-2H3,(H,12,13). The first-order chi connectivity index (χ1) is 6.11. The lowest BCUT2D eigenvalue weighted by atomic mass is 10.0. The molecule has 1 aliphatic carbocycles. The summed E-state index contributed by atoms with van der Waals surface area (Å²) in [6.45, 7) is 3.91. The molecule has 0 bridgehead atoms. The molecule has 1 aliphatic rings. The van der Waals surface area contributed by atoms with Crippen molar-refractivity contribution in [1.82, 2.24) is 5.32 Å². The lowest BCUT2D eigenvalue weighted by molar-refractivity contribution is -0.122. The normalized spacial score (nSPS) is 20.6. The van der Waals surface area contributed by atoms with Gasteiger partial charge in [0.2, 0.25) is 5.91 Å². The second-order valence-corrected chi connectivity index (χ2v) is 4.58. The lowest BCUT2D eigenvalue weighted by Crippen LogP contribution is -2.39. The SMILES string of the molecule is CC(C)NC(=O)C(Cl)C1CCCC1. The van der Waals surface area contributed by atoms with Gasteiger partial charge in [-0.05, 0) is 32.6 Å². The van der Waals surface area contributed by atoms with Crippen LogP contribution in [0.3, 0.4) is 0 Å². The third-order valence-electron chi connectivity index (χ3n) is 2.50. The maximum atomic E-state index is 11.5. The Bertz CT molecular complexity index is 176. The minimum atomic E-state index is -0.315. The van der Waals surface area contributed by atoms with Gasteiger partial charge in [-0.1, -0.05) is 12.8 Å². The number of hydrogen-bond acceptors (Lipinski definition) is 1. The minimum absolute atomic E-state index is 0.00330. The van der Waals surface area contributed by atoms with E-state index < -0.39 is 0 Å². The third kappa shape index (κ3) is 3.18. The van der Waals surface area contributed by atoms with E-state index in [0.717, 1.165) is 12.8 Å². The zero-order chi connectivity index (χ0) is 9.84. The van der Waals surface area contributed by atoms with Gasteiger partial charge >= 0.3 is 0 Å². The van der Waals surface area contributed by atoms with Crippen molar-refractivity contribution < 1.29 is 4.79 Å². The number of halogens is 1. The Balaban J connectivity index is 2.36. The molecular formula is C10H18ClNO. The predicted molar refractivity (Wildman–Crippen MR) is 54.9 cm³/mol. The average molecular weight is 204 g/mol. The van der Waals surface area contributed by atoms with Crippen LogP contribution in [0.25, 0.3) is 0 Å². The van der Waals surface area contributed by atoms with Crippen LogP contribution in [0.1, 0.15) is 39.5 Å². The molecule has 0 aliphatic heterocycles. The second kappa shape index (κ2) is 4.85. The molecule has 1 amide bonds. The van der Waals surface area contributed by atoms with E-state index in [0.29, 0.717) is 5.92 Å². The smallest absolute Gasteiger partial charge is 0.238 e. The summed E-state index contributed by atoms with van der Waals surface area (Å²) in [5.41, 5.74) is 0. The van der Waals surface area contributed by atoms with Gasteiger partial charge in [0.05, 0.1) is 0 Å². The summed E-state index contributed by atoms with van der Waals surface area (Å²) in [4.78, 5) is 11.5. The first-order valence-corrected chi connectivity index (χ1v) is 5.49. The molecule has 1 saturated carbocycles. The van der Waals surface area contributed by atoms with Gasteiger partial charge in [-0.2, -0.15) is 0 Å². The summed E-state index contributed by atoms with van der Waals surface area (Å²) in [5, 5.41) is 2.53. The van der Waals surface area contributed by atoms with Crippen LogP contribution < -0.4 is 5.32 Å². The van der Waals surface area contributed by atoms with Crippen molar-refractivity contribution in [2.75, 3.05) is 0 Å². The molecule has 1 N–H and O–H groups in total. The highest BCUT2D eigenvalue weighted by Gasteiger charge is 2.28. The van der Waals surface area contributed by atoms with Crippen molar-refractivity contribution in [3.05, 3.63) is 0 Å². The molecular weight excluding hydrogens is 186 g/mol. The van der Waals surface area contributed by atoms with E-state index in [9.17, 15) is 4.79 Å². The van der Waals surface area contributed by atoms with Crippen molar-refractivity contribution in [2.24, 2.45) is 5.92 Å². The van der Waals surface area contributed by atoms with E-state index in [1.165, 1.54) is 12.8 Å². The van der Waals surface area contributed by atoms with Crippen molar-refractivity contribution >= 4 is 17.5 Å². The molecule has 2 nitrogen and oxygen atoms in total. The monoisotopic (exact) mass is 203 g/mol. The highest BCUT2D eigenvalue weighted by molar-refractivity contribution is 6.31. The van der Waals surface area contributed by atoms with Gasteiger partial charge in [0.15, 0.2) is 0 Å². The Morgan fingerprint density at radius 2 is 1.92 bits per heavy atom. The molecule has 3 heteroatoms. The summed E-state index contributed by atoms with van der Waals surface area (Å²) in [7, 11) is 0. The number of hydrogen-bond donors (Lipinski definition) is 1. The van der Waals surface area contributed by atoms with Crippen LogP contribution in [0, 0.1) is 5.92 Å². The topological polar surface area (TPSA) is 29.1 Å². The van der Waals surface area contributed by atoms with Crippen molar-refractivity contribution in [1.29, 1.82) is 0 Å². The first-order valence-electron chi connectivity index (χ1n) is 5.05. The van der Waals surface area contributed by atoms with Crippen LogP contribution >= 0.6 is 11.6 Å². The van der Waals surface area contributed by atoms with E-state index in [1.54, 1.807) is 0 Å². The van der Waals surface area contributed by atoms with Crippen LogP contribution in [-0.4, -0.2) is 17.3 Å². The Hall–Kier alpha value is -0.240. The maximum absolute atomic E-state index is 11.5. The van der Waals surface area contributed by atoms with Crippen molar-refractivity contribution in [2.45, 2.75) is 50.9 Å². The number of alkyl halides is 1. The van der Waals surface area contributed by atoms with Gasteiger partial charge in [0.25, 0.3) is 0 Å². The zero-order valence-electron chi connectivity index (χ0n) is 8.35. The fourth-order valence-electron chi connectivity index (χ4n) is 1.83. The molecule has 0 heterocycles. The Morgan fingerprint density at radius 1 is 1.38 bits per heavy atom. The number of amides is 1. The number of nitrogens with one attached hydrogen (secondary N) is 1. The van der Waals surface area contributed by atoms with Crippen LogP contribution in [0.15, 0.2) is 0 Å². The van der Waals surface area contributed by atoms with Gasteiger partial charge in [0.1, 0.15) is 5.38 Å². The van der Waals surface area contributed by atoms with Gasteiger partial charge in [0, 0.05) is 6.04 Å². The molecule has 0 saturated heterocycles. The summed E-state index contributed by atoms with van der Waals surface area (Å²) in [6, 6.07) is 0.190. The molecule has 76 valence electrons. The van der Waals surface area contributed by atoms with Gasteiger partial charge in [-0.25, -0.2) is 0 Å². The summed E-state index contributed by atoms with van der Waals surface area (Å²) in [6.07, 6.45) is 4.67. The summed E-state index contributed by atoms with van der Waals surface area (Å²) < 4.78 is 0. The molecule has 0 radical (unpaired) electrons. The second-order valence-electron chi connectivity index (χ2n) is 4.11. The molecule has 1 rings (SSSR count). The van der Waals surface area contributed by atoms with E-state index in [2.05, 4.69) is 5.32 Å². The van der Waals surface area contributed by atoms with Crippen LogP contribution in [0.5, 0.6) is 0 Å². The average Bonchev–Trinajstić information content (AvgIpc) is 2.53. The molecule has 0 aromatic carbocycles. The van der Waals surface area contributed by atoms with Gasteiger partial charge < -0.3 is 5.32 Å². The molecule has 13 heavy (non-hydrogen) atoms. The molecule has 0 spiro atoms. The van der Waals surface area contributed by atoms with Gasteiger partial charge in [-0.3, -0.25) is 4.79 Å². The van der Waals surface area contributed by atoms with E-state index in [-0.39, 0.29) is 17.3 Å². The third-order valence-corrected chi connectivity index (χ3v) is 3.05. The van der Waals surface area contributed by atoms with E-state index in [4.69, 9.17) is 11.6 Å². The Kier molecular flexibility index (Phi) is 4.04. The predicted octanol–water partition coefficient (Wildman–Crippen LogP) is 2.31. The number of carbonyl (C=O) groups excluding carboxylic acids is 1. The quantitative estimate of drug-likeness (QED) is 0.701. The number of carbonyl (C=O) groups is 1. The van der Waals surface area contributed by atoms with Crippen LogP contribution in [0.2, 0.25) is 0 Å². The minimum Gasteiger partial charge on any atom is -0.353 e. The fraction of sp³-hybridized carbons (Fsp3) is 0.900. The number of rotatable bonds is 3. The molecule has 1 atom stereocenters. The zero-order valence-corrected chi connectivity index (χ0v) is 9.10. The maximum Gasteiger partial charge on any atom is 0.238 e.